The molecule has 0 aromatic heterocycles. The highest BCUT2D eigenvalue weighted by Gasteiger charge is 2.28. The van der Waals surface area contributed by atoms with Crippen LogP contribution in [0.5, 0.6) is 0 Å². The minimum atomic E-state index is 0.224. The molecule has 2 rings (SSSR count). The summed E-state index contributed by atoms with van der Waals surface area (Å²) in [6.45, 7) is 0. The summed E-state index contributed by atoms with van der Waals surface area (Å²) in [5, 5.41) is 8.85. The van der Waals surface area contributed by atoms with Crippen molar-refractivity contribution in [3.63, 3.8) is 0 Å². The molecule has 0 heterocycles. The van der Waals surface area contributed by atoms with E-state index in [1.807, 2.05) is 11.9 Å². The van der Waals surface area contributed by atoms with Gasteiger partial charge in [0, 0.05) is 25.4 Å². The minimum absolute atomic E-state index is 0.224. The molecule has 0 N–H and O–H groups in total. The van der Waals surface area contributed by atoms with E-state index in [2.05, 4.69) is 6.07 Å². The number of nitriles is 1. The van der Waals surface area contributed by atoms with Gasteiger partial charge in [0.05, 0.1) is 6.07 Å². The molecule has 0 aromatic rings. The van der Waals surface area contributed by atoms with E-state index in [1.165, 1.54) is 19.3 Å². The van der Waals surface area contributed by atoms with Gasteiger partial charge in [-0.1, -0.05) is 6.42 Å². The summed E-state index contributed by atoms with van der Waals surface area (Å²) in [6.07, 6.45) is 8.45. The van der Waals surface area contributed by atoms with Crippen LogP contribution in [-0.2, 0) is 4.79 Å². The van der Waals surface area contributed by atoms with Gasteiger partial charge in [0.25, 0.3) is 0 Å². The van der Waals surface area contributed by atoms with Crippen molar-refractivity contribution in [1.82, 2.24) is 4.90 Å². The van der Waals surface area contributed by atoms with E-state index in [9.17, 15) is 4.79 Å². The van der Waals surface area contributed by atoms with Gasteiger partial charge in [-0.25, -0.2) is 0 Å². The number of rotatable bonds is 3. The second-order valence-electron chi connectivity index (χ2n) is 5.64. The predicted molar refractivity (Wildman–Crippen MR) is 66.1 cm³/mol. The summed E-state index contributed by atoms with van der Waals surface area (Å²) in [7, 11) is 1.94. The zero-order valence-electron chi connectivity index (χ0n) is 10.7. The van der Waals surface area contributed by atoms with Gasteiger partial charge in [-0.2, -0.15) is 5.26 Å². The third kappa shape index (κ3) is 3.00. The fourth-order valence-corrected chi connectivity index (χ4v) is 2.88. The molecule has 0 saturated heterocycles. The van der Waals surface area contributed by atoms with E-state index in [4.69, 9.17) is 5.26 Å². The van der Waals surface area contributed by atoms with Gasteiger partial charge >= 0.3 is 0 Å². The molecule has 0 aliphatic heterocycles. The molecular weight excluding hydrogens is 212 g/mol. The van der Waals surface area contributed by atoms with Crippen molar-refractivity contribution in [3.8, 4) is 6.07 Å². The maximum Gasteiger partial charge on any atom is 0.222 e. The van der Waals surface area contributed by atoms with Gasteiger partial charge in [-0.3, -0.25) is 4.79 Å². The van der Waals surface area contributed by atoms with Gasteiger partial charge in [0.2, 0.25) is 5.91 Å². The largest absolute Gasteiger partial charge is 0.343 e. The normalized spacial score (nSPS) is 29.2. The smallest absolute Gasteiger partial charge is 0.222 e. The molecular formula is C14H22N2O. The van der Waals surface area contributed by atoms with Crippen molar-refractivity contribution >= 4 is 5.91 Å². The van der Waals surface area contributed by atoms with Crippen molar-refractivity contribution < 1.29 is 4.79 Å². The molecule has 3 nitrogen and oxygen atoms in total. The highest BCUT2D eigenvalue weighted by atomic mass is 16.2. The Balaban J connectivity index is 1.77. The lowest BCUT2D eigenvalue weighted by molar-refractivity contribution is -0.134. The molecule has 2 fully saturated rings. The second kappa shape index (κ2) is 5.53. The fourth-order valence-electron chi connectivity index (χ4n) is 2.88. The molecule has 0 radical (unpaired) electrons. The zero-order chi connectivity index (χ0) is 12.3. The monoisotopic (exact) mass is 234 g/mol. The van der Waals surface area contributed by atoms with Gasteiger partial charge in [-0.15, -0.1) is 0 Å². The number of hydrogen-bond donors (Lipinski definition) is 0. The quantitative estimate of drug-likeness (QED) is 0.753. The van der Waals surface area contributed by atoms with Crippen LogP contribution >= 0.6 is 0 Å². The molecule has 0 spiro atoms. The maximum atomic E-state index is 12.1. The van der Waals surface area contributed by atoms with Crippen LogP contribution in [0.1, 0.15) is 51.4 Å². The Kier molecular flexibility index (Phi) is 4.04. The lowest BCUT2D eigenvalue weighted by atomic mass is 9.82. The second-order valence-corrected chi connectivity index (χ2v) is 5.64. The molecule has 2 saturated carbocycles. The first kappa shape index (κ1) is 12.4. The van der Waals surface area contributed by atoms with E-state index in [-0.39, 0.29) is 5.92 Å². The molecule has 0 bridgehead atoms. The van der Waals surface area contributed by atoms with E-state index >= 15 is 0 Å². The van der Waals surface area contributed by atoms with Gasteiger partial charge in [0.1, 0.15) is 0 Å². The summed E-state index contributed by atoms with van der Waals surface area (Å²) in [5.41, 5.74) is 0. The Morgan fingerprint density at radius 3 is 2.35 bits per heavy atom. The zero-order valence-corrected chi connectivity index (χ0v) is 10.7. The SMILES string of the molecule is CN(C(=O)CC1CCC1)C1CCC(C#N)CC1. The van der Waals surface area contributed by atoms with Crippen LogP contribution in [-0.4, -0.2) is 23.9 Å². The molecule has 1 amide bonds. The average molecular weight is 234 g/mol. The molecule has 3 heteroatoms. The first-order chi connectivity index (χ1) is 8.20. The third-order valence-corrected chi connectivity index (χ3v) is 4.51. The van der Waals surface area contributed by atoms with Crippen LogP contribution in [0.15, 0.2) is 0 Å². The Morgan fingerprint density at radius 1 is 1.24 bits per heavy atom. The molecule has 0 aromatic carbocycles. The number of carbonyl (C=O) groups is 1. The standard InChI is InChI=1S/C14H22N2O/c1-16(14(17)9-11-3-2-4-11)13-7-5-12(10-15)6-8-13/h11-13H,2-9H2,1H3. The van der Waals surface area contributed by atoms with E-state index < -0.39 is 0 Å². The van der Waals surface area contributed by atoms with Crippen LogP contribution in [0.25, 0.3) is 0 Å². The predicted octanol–water partition coefficient (Wildman–Crippen LogP) is 2.72. The van der Waals surface area contributed by atoms with Crippen LogP contribution in [0, 0.1) is 23.2 Å². The van der Waals surface area contributed by atoms with Crippen LogP contribution in [0.3, 0.4) is 0 Å². The Morgan fingerprint density at radius 2 is 1.88 bits per heavy atom. The average Bonchev–Trinajstić information content (AvgIpc) is 2.32. The summed E-state index contributed by atoms with van der Waals surface area (Å²) in [4.78, 5) is 14.0. The summed E-state index contributed by atoms with van der Waals surface area (Å²) >= 11 is 0. The van der Waals surface area contributed by atoms with Crippen LogP contribution < -0.4 is 0 Å². The highest BCUT2D eigenvalue weighted by Crippen LogP contribution is 2.31. The van der Waals surface area contributed by atoms with Crippen molar-refractivity contribution in [2.75, 3.05) is 7.05 Å². The van der Waals surface area contributed by atoms with Crippen molar-refractivity contribution in [3.05, 3.63) is 0 Å². The number of nitrogens with zero attached hydrogens (tertiary/aromatic N) is 2. The number of hydrogen-bond acceptors (Lipinski definition) is 2. The van der Waals surface area contributed by atoms with E-state index in [0.29, 0.717) is 17.9 Å². The molecule has 2 aliphatic rings. The lowest BCUT2D eigenvalue weighted by Crippen LogP contribution is -2.40. The highest BCUT2D eigenvalue weighted by molar-refractivity contribution is 5.76. The molecule has 0 unspecified atom stereocenters. The summed E-state index contributed by atoms with van der Waals surface area (Å²) in [5.74, 6) is 1.19. The molecule has 2 aliphatic carbocycles. The summed E-state index contributed by atoms with van der Waals surface area (Å²) in [6, 6.07) is 2.72. The van der Waals surface area contributed by atoms with Gasteiger partial charge in [-0.05, 0) is 44.4 Å². The van der Waals surface area contributed by atoms with Gasteiger partial charge in [0.15, 0.2) is 0 Å². The minimum Gasteiger partial charge on any atom is -0.343 e. The topological polar surface area (TPSA) is 44.1 Å². The van der Waals surface area contributed by atoms with Gasteiger partial charge < -0.3 is 4.90 Å². The number of amides is 1. The summed E-state index contributed by atoms with van der Waals surface area (Å²) < 4.78 is 0. The van der Waals surface area contributed by atoms with Crippen LogP contribution in [0.4, 0.5) is 0 Å². The molecule has 0 atom stereocenters. The fraction of sp³-hybridized carbons (Fsp3) is 0.857. The Labute approximate surface area is 104 Å². The van der Waals surface area contributed by atoms with Crippen molar-refractivity contribution in [1.29, 1.82) is 5.26 Å². The first-order valence-electron chi connectivity index (χ1n) is 6.86. The molecule has 94 valence electrons. The van der Waals surface area contributed by atoms with E-state index in [1.54, 1.807) is 0 Å². The molecule has 17 heavy (non-hydrogen) atoms. The van der Waals surface area contributed by atoms with Crippen molar-refractivity contribution in [2.24, 2.45) is 11.8 Å². The number of carbonyl (C=O) groups excluding carboxylic acids is 1. The van der Waals surface area contributed by atoms with Crippen LogP contribution in [0.2, 0.25) is 0 Å². The third-order valence-electron chi connectivity index (χ3n) is 4.51. The van der Waals surface area contributed by atoms with E-state index in [0.717, 1.165) is 32.1 Å². The Bertz CT molecular complexity index is 309. The maximum absolute atomic E-state index is 12.1. The first-order valence-corrected chi connectivity index (χ1v) is 6.86. The van der Waals surface area contributed by atoms with Crippen molar-refractivity contribution in [2.45, 2.75) is 57.4 Å². The lowest BCUT2D eigenvalue weighted by Gasteiger charge is -2.34. The Hall–Kier alpha value is -1.04.